The summed E-state index contributed by atoms with van der Waals surface area (Å²) in [5.74, 6) is 0. The fourth-order valence-corrected chi connectivity index (χ4v) is 0.670. The van der Waals surface area contributed by atoms with E-state index in [0.717, 1.165) is 5.56 Å². The molecule has 0 saturated heterocycles. The minimum absolute atomic E-state index is 0.487. The van der Waals surface area contributed by atoms with Crippen molar-refractivity contribution < 1.29 is 4.65 Å². The zero-order chi connectivity index (χ0) is 6.53. The molecule has 0 spiro atoms. The maximum Gasteiger partial charge on any atom is 0.283 e. The molecule has 0 aromatic heterocycles. The molecule has 0 bridgehead atoms. The highest BCUT2D eigenvalue weighted by Gasteiger charge is 1.84. The van der Waals surface area contributed by atoms with Crippen LogP contribution in [0.15, 0.2) is 30.3 Å². The van der Waals surface area contributed by atoms with Crippen LogP contribution in [0.5, 0.6) is 0 Å². The normalized spacial score (nSPS) is 9.33. The summed E-state index contributed by atoms with van der Waals surface area (Å²) in [5.41, 5.74) is 1.10. The predicted molar refractivity (Wildman–Crippen MR) is 37.0 cm³/mol. The number of benzene rings is 1. The molecular weight excluding hydrogens is 111 g/mol. The molecule has 0 aliphatic rings. The van der Waals surface area contributed by atoms with Crippen LogP contribution < -0.4 is 0 Å². The van der Waals surface area contributed by atoms with Crippen LogP contribution in [0.2, 0.25) is 0 Å². The first-order chi connectivity index (χ1) is 4.43. The highest BCUT2D eigenvalue weighted by atomic mass is 16.4. The first-order valence-electron chi connectivity index (χ1n) is 2.79. The molecule has 0 N–H and O–H groups in total. The summed E-state index contributed by atoms with van der Waals surface area (Å²) >= 11 is 0. The van der Waals surface area contributed by atoms with Gasteiger partial charge in [0.05, 0.1) is 6.61 Å². The highest BCUT2D eigenvalue weighted by Crippen LogP contribution is 1.97. The lowest BCUT2D eigenvalue weighted by atomic mass is 10.2. The lowest BCUT2D eigenvalue weighted by molar-refractivity contribution is 0.338. The second kappa shape index (κ2) is 3.31. The molecular formula is C7H7BO. The van der Waals surface area contributed by atoms with E-state index in [1.54, 1.807) is 0 Å². The van der Waals surface area contributed by atoms with Crippen molar-refractivity contribution in [2.45, 2.75) is 6.61 Å². The molecule has 0 aliphatic heterocycles. The van der Waals surface area contributed by atoms with E-state index in [0.29, 0.717) is 6.61 Å². The Balaban J connectivity index is 2.61. The molecule has 0 unspecified atom stereocenters. The molecule has 44 valence electrons. The zero-order valence-corrected chi connectivity index (χ0v) is 5.08. The average molecular weight is 118 g/mol. The molecule has 9 heavy (non-hydrogen) atoms. The van der Waals surface area contributed by atoms with Gasteiger partial charge in [-0.3, -0.25) is 0 Å². The van der Waals surface area contributed by atoms with Crippen LogP contribution in [0.4, 0.5) is 0 Å². The van der Waals surface area contributed by atoms with E-state index in [1.165, 1.54) is 0 Å². The van der Waals surface area contributed by atoms with Gasteiger partial charge in [-0.25, -0.2) is 0 Å². The molecule has 2 radical (unpaired) electrons. The minimum Gasteiger partial charge on any atom is -0.444 e. The van der Waals surface area contributed by atoms with Crippen LogP contribution in [0.1, 0.15) is 5.56 Å². The molecule has 0 heterocycles. The van der Waals surface area contributed by atoms with Gasteiger partial charge in [0.2, 0.25) is 0 Å². The van der Waals surface area contributed by atoms with Crippen molar-refractivity contribution in [3.63, 3.8) is 0 Å². The van der Waals surface area contributed by atoms with Crippen molar-refractivity contribution in [1.29, 1.82) is 0 Å². The second-order valence-electron chi connectivity index (χ2n) is 1.80. The third-order valence-corrected chi connectivity index (χ3v) is 1.09. The van der Waals surface area contributed by atoms with Crippen LogP contribution in [-0.2, 0) is 11.3 Å². The summed E-state index contributed by atoms with van der Waals surface area (Å²) in [5, 5.41) is 0. The summed E-state index contributed by atoms with van der Waals surface area (Å²) in [4.78, 5) is 0. The zero-order valence-electron chi connectivity index (χ0n) is 5.08. The van der Waals surface area contributed by atoms with Gasteiger partial charge in [0.25, 0.3) is 8.05 Å². The van der Waals surface area contributed by atoms with Crippen LogP contribution in [0, 0.1) is 0 Å². The topological polar surface area (TPSA) is 9.23 Å². The molecule has 2 heteroatoms. The van der Waals surface area contributed by atoms with E-state index in [1.807, 2.05) is 30.3 Å². The third-order valence-electron chi connectivity index (χ3n) is 1.09. The number of rotatable bonds is 2. The van der Waals surface area contributed by atoms with Gasteiger partial charge < -0.3 is 4.65 Å². The Bertz CT molecular complexity index is 162. The standard InChI is InChI=1S/C7H7BO/c8-9-6-7-4-2-1-3-5-7/h1-5H,6H2. The van der Waals surface area contributed by atoms with E-state index in [9.17, 15) is 0 Å². The first-order valence-corrected chi connectivity index (χ1v) is 2.79. The summed E-state index contributed by atoms with van der Waals surface area (Å²) in [6.07, 6.45) is 0. The van der Waals surface area contributed by atoms with Gasteiger partial charge in [-0.15, -0.1) is 0 Å². The van der Waals surface area contributed by atoms with Crippen molar-refractivity contribution in [1.82, 2.24) is 0 Å². The van der Waals surface area contributed by atoms with Gasteiger partial charge in [0.15, 0.2) is 0 Å². The van der Waals surface area contributed by atoms with Gasteiger partial charge >= 0.3 is 0 Å². The molecule has 0 atom stereocenters. The number of hydrogen-bond acceptors (Lipinski definition) is 1. The van der Waals surface area contributed by atoms with E-state index in [4.69, 9.17) is 8.05 Å². The Morgan fingerprint density at radius 3 is 2.44 bits per heavy atom. The molecule has 0 fully saturated rings. The molecule has 1 nitrogen and oxygen atoms in total. The summed E-state index contributed by atoms with van der Waals surface area (Å²) in [7, 11) is 4.86. The third kappa shape index (κ3) is 1.90. The van der Waals surface area contributed by atoms with Crippen molar-refractivity contribution in [2.75, 3.05) is 0 Å². The SMILES string of the molecule is [B]OCc1ccccc1. The average Bonchev–Trinajstić information content (AvgIpc) is 1.91. The molecule has 1 aromatic carbocycles. The van der Waals surface area contributed by atoms with Crippen LogP contribution in [0.25, 0.3) is 0 Å². The summed E-state index contributed by atoms with van der Waals surface area (Å²) < 4.78 is 4.43. The fourth-order valence-electron chi connectivity index (χ4n) is 0.670. The van der Waals surface area contributed by atoms with Gasteiger partial charge in [-0.1, -0.05) is 30.3 Å². The Hall–Kier alpha value is -0.755. The maximum absolute atomic E-state index is 4.86. The summed E-state index contributed by atoms with van der Waals surface area (Å²) in [6.45, 7) is 0.487. The van der Waals surface area contributed by atoms with Crippen molar-refractivity contribution in [3.05, 3.63) is 35.9 Å². The van der Waals surface area contributed by atoms with Gasteiger partial charge in [-0.2, -0.15) is 0 Å². The van der Waals surface area contributed by atoms with E-state index >= 15 is 0 Å². The lowest BCUT2D eigenvalue weighted by Gasteiger charge is -1.95. The Labute approximate surface area is 56.1 Å². The van der Waals surface area contributed by atoms with Crippen molar-refractivity contribution in [3.8, 4) is 0 Å². The quantitative estimate of drug-likeness (QED) is 0.531. The van der Waals surface area contributed by atoms with Crippen LogP contribution in [0.3, 0.4) is 0 Å². The van der Waals surface area contributed by atoms with E-state index in [-0.39, 0.29) is 0 Å². The second-order valence-corrected chi connectivity index (χ2v) is 1.80. The Kier molecular flexibility index (Phi) is 2.34. The van der Waals surface area contributed by atoms with Gasteiger partial charge in [-0.05, 0) is 5.56 Å². The van der Waals surface area contributed by atoms with Gasteiger partial charge in [0, 0.05) is 0 Å². The fraction of sp³-hybridized carbons (Fsp3) is 0.143. The Morgan fingerprint density at radius 2 is 1.89 bits per heavy atom. The maximum atomic E-state index is 4.86. The molecule has 1 rings (SSSR count). The smallest absolute Gasteiger partial charge is 0.283 e. The lowest BCUT2D eigenvalue weighted by Crippen LogP contribution is -1.85. The van der Waals surface area contributed by atoms with Crippen molar-refractivity contribution in [2.24, 2.45) is 0 Å². The van der Waals surface area contributed by atoms with Crippen LogP contribution in [-0.4, -0.2) is 8.05 Å². The molecule has 1 aromatic rings. The Morgan fingerprint density at radius 1 is 1.22 bits per heavy atom. The van der Waals surface area contributed by atoms with Crippen LogP contribution >= 0.6 is 0 Å². The molecule has 0 amide bonds. The largest absolute Gasteiger partial charge is 0.444 e. The van der Waals surface area contributed by atoms with Gasteiger partial charge in [0.1, 0.15) is 0 Å². The number of hydrogen-bond donors (Lipinski definition) is 0. The highest BCUT2D eigenvalue weighted by molar-refractivity contribution is 5.97. The minimum atomic E-state index is 0.487. The van der Waals surface area contributed by atoms with E-state index in [2.05, 4.69) is 4.65 Å². The monoisotopic (exact) mass is 118 g/mol. The molecule has 0 aliphatic carbocycles. The van der Waals surface area contributed by atoms with E-state index < -0.39 is 0 Å². The first kappa shape index (κ1) is 6.37. The predicted octanol–water partition coefficient (Wildman–Crippen LogP) is 1.29. The van der Waals surface area contributed by atoms with Crippen molar-refractivity contribution >= 4 is 8.05 Å². The molecule has 0 saturated carbocycles. The summed E-state index contributed by atoms with van der Waals surface area (Å²) in [6, 6.07) is 9.79.